The molecule has 7 nitrogen and oxygen atoms in total. The third kappa shape index (κ3) is 6.68. The molecule has 0 atom stereocenters. The molecule has 0 aliphatic rings. The first-order chi connectivity index (χ1) is 13.7. The van der Waals surface area contributed by atoms with Crippen LogP contribution < -0.4 is 20.1 Å². The van der Waals surface area contributed by atoms with Gasteiger partial charge in [0.15, 0.2) is 0 Å². The van der Waals surface area contributed by atoms with Gasteiger partial charge in [-0.05, 0) is 25.2 Å². The van der Waals surface area contributed by atoms with Crippen molar-refractivity contribution in [3.05, 3.63) is 45.4 Å². The van der Waals surface area contributed by atoms with E-state index in [1.165, 1.54) is 14.2 Å². The maximum atomic E-state index is 12.4. The Morgan fingerprint density at radius 3 is 2.07 bits per heavy atom. The van der Waals surface area contributed by atoms with Crippen LogP contribution in [0, 0.1) is 0 Å². The molecular weight excluding hydrogens is 441 g/mol. The SMILES string of the molecule is COc1cc(NC(=O)CN(C)CC(=O)Nc2ccc(Cl)c(Cl)c2)c(OC)cc1Cl. The first-order valence-electron chi connectivity index (χ1n) is 8.38. The van der Waals surface area contributed by atoms with Crippen molar-refractivity contribution in [3.63, 3.8) is 0 Å². The summed E-state index contributed by atoms with van der Waals surface area (Å²) in [5, 5.41) is 6.51. The van der Waals surface area contributed by atoms with E-state index in [-0.39, 0.29) is 24.9 Å². The number of nitrogens with one attached hydrogen (secondary N) is 2. The number of hydrogen-bond donors (Lipinski definition) is 2. The second-order valence-electron chi connectivity index (χ2n) is 6.08. The lowest BCUT2D eigenvalue weighted by atomic mass is 10.2. The van der Waals surface area contributed by atoms with Gasteiger partial charge < -0.3 is 20.1 Å². The minimum absolute atomic E-state index is 0.00522. The molecule has 0 aliphatic heterocycles. The fraction of sp³-hybridized carbons (Fsp3) is 0.263. The van der Waals surface area contributed by atoms with Crippen LogP contribution >= 0.6 is 34.8 Å². The fourth-order valence-corrected chi connectivity index (χ4v) is 3.00. The summed E-state index contributed by atoms with van der Waals surface area (Å²) in [6.07, 6.45) is 0. The van der Waals surface area contributed by atoms with Gasteiger partial charge in [-0.1, -0.05) is 34.8 Å². The van der Waals surface area contributed by atoms with E-state index < -0.39 is 0 Å². The Bertz CT molecular complexity index is 909. The molecule has 2 aromatic rings. The number of methoxy groups -OCH3 is 2. The van der Waals surface area contributed by atoms with Crippen LogP contribution in [0.2, 0.25) is 15.1 Å². The van der Waals surface area contributed by atoms with Crippen molar-refractivity contribution in [2.24, 2.45) is 0 Å². The molecule has 0 aromatic heterocycles. The molecule has 0 spiro atoms. The van der Waals surface area contributed by atoms with E-state index in [0.29, 0.717) is 37.9 Å². The number of rotatable bonds is 8. The van der Waals surface area contributed by atoms with Gasteiger partial charge in [0.1, 0.15) is 11.5 Å². The summed E-state index contributed by atoms with van der Waals surface area (Å²) in [5.41, 5.74) is 0.924. The van der Waals surface area contributed by atoms with Crippen molar-refractivity contribution >= 4 is 58.0 Å². The van der Waals surface area contributed by atoms with Gasteiger partial charge in [-0.3, -0.25) is 14.5 Å². The first kappa shape index (κ1) is 23.1. The summed E-state index contributed by atoms with van der Waals surface area (Å²) in [5.74, 6) is 0.156. The molecule has 0 fully saturated rings. The number of benzene rings is 2. The van der Waals surface area contributed by atoms with Crippen LogP contribution in [0.1, 0.15) is 0 Å². The number of nitrogens with zero attached hydrogens (tertiary/aromatic N) is 1. The van der Waals surface area contributed by atoms with Crippen LogP contribution in [0.25, 0.3) is 0 Å². The lowest BCUT2D eigenvalue weighted by molar-refractivity contribution is -0.119. The van der Waals surface area contributed by atoms with E-state index in [9.17, 15) is 9.59 Å². The fourth-order valence-electron chi connectivity index (χ4n) is 2.47. The maximum absolute atomic E-state index is 12.4. The minimum Gasteiger partial charge on any atom is -0.495 e. The van der Waals surface area contributed by atoms with Gasteiger partial charge in [0.05, 0.1) is 48.1 Å². The summed E-state index contributed by atoms with van der Waals surface area (Å²) in [4.78, 5) is 26.1. The van der Waals surface area contributed by atoms with E-state index in [1.54, 1.807) is 42.3 Å². The zero-order chi connectivity index (χ0) is 21.6. The summed E-state index contributed by atoms with van der Waals surface area (Å²) >= 11 is 17.8. The van der Waals surface area contributed by atoms with Gasteiger partial charge in [-0.25, -0.2) is 0 Å². The molecule has 10 heteroatoms. The highest BCUT2D eigenvalue weighted by atomic mass is 35.5. The molecule has 156 valence electrons. The number of carbonyl (C=O) groups is 2. The van der Waals surface area contributed by atoms with E-state index in [1.807, 2.05) is 0 Å². The molecule has 2 rings (SSSR count). The number of carbonyl (C=O) groups excluding carboxylic acids is 2. The summed E-state index contributed by atoms with van der Waals surface area (Å²) in [7, 11) is 4.58. The average molecular weight is 461 g/mol. The zero-order valence-corrected chi connectivity index (χ0v) is 18.3. The Labute approximate surface area is 183 Å². The van der Waals surface area contributed by atoms with Crippen molar-refractivity contribution in [2.75, 3.05) is 45.0 Å². The average Bonchev–Trinajstić information content (AvgIpc) is 2.65. The number of ether oxygens (including phenoxy) is 2. The predicted molar refractivity (Wildman–Crippen MR) is 116 cm³/mol. The molecular formula is C19H20Cl3N3O4. The van der Waals surface area contributed by atoms with Crippen molar-refractivity contribution in [3.8, 4) is 11.5 Å². The van der Waals surface area contributed by atoms with Gasteiger partial charge in [0.25, 0.3) is 0 Å². The van der Waals surface area contributed by atoms with Crippen LogP contribution in [-0.2, 0) is 9.59 Å². The summed E-state index contributed by atoms with van der Waals surface area (Å²) < 4.78 is 10.4. The van der Waals surface area contributed by atoms with Crippen molar-refractivity contribution in [1.29, 1.82) is 0 Å². The molecule has 0 heterocycles. The third-order valence-corrected chi connectivity index (χ3v) is 4.81. The molecule has 0 aliphatic carbocycles. The number of likely N-dealkylation sites (N-methyl/N-ethyl adjacent to an activating group) is 1. The Hall–Kier alpha value is -2.19. The quantitative estimate of drug-likeness (QED) is 0.618. The Balaban J connectivity index is 1.93. The molecule has 0 radical (unpaired) electrons. The Morgan fingerprint density at radius 2 is 1.48 bits per heavy atom. The number of amides is 2. The highest BCUT2D eigenvalue weighted by Gasteiger charge is 2.15. The Morgan fingerprint density at radius 1 is 0.862 bits per heavy atom. The normalized spacial score (nSPS) is 10.6. The second-order valence-corrected chi connectivity index (χ2v) is 7.31. The minimum atomic E-state index is -0.336. The van der Waals surface area contributed by atoms with Crippen LogP contribution in [0.3, 0.4) is 0 Å². The molecule has 2 N–H and O–H groups in total. The van der Waals surface area contributed by atoms with Crippen LogP contribution in [-0.4, -0.2) is 51.1 Å². The smallest absolute Gasteiger partial charge is 0.238 e. The first-order valence-corrected chi connectivity index (χ1v) is 9.51. The van der Waals surface area contributed by atoms with Gasteiger partial charge in [-0.2, -0.15) is 0 Å². The van der Waals surface area contributed by atoms with E-state index in [0.717, 1.165) is 0 Å². The van der Waals surface area contributed by atoms with E-state index in [4.69, 9.17) is 44.3 Å². The number of anilines is 2. The number of halogens is 3. The summed E-state index contributed by atoms with van der Waals surface area (Å²) in [6, 6.07) is 7.89. The zero-order valence-electron chi connectivity index (χ0n) is 16.0. The number of hydrogen-bond acceptors (Lipinski definition) is 5. The monoisotopic (exact) mass is 459 g/mol. The van der Waals surface area contributed by atoms with E-state index >= 15 is 0 Å². The topological polar surface area (TPSA) is 79.9 Å². The van der Waals surface area contributed by atoms with Crippen molar-refractivity contribution < 1.29 is 19.1 Å². The van der Waals surface area contributed by atoms with Crippen molar-refractivity contribution in [2.45, 2.75) is 0 Å². The van der Waals surface area contributed by atoms with Gasteiger partial charge >= 0.3 is 0 Å². The molecule has 0 unspecified atom stereocenters. The van der Waals surface area contributed by atoms with E-state index in [2.05, 4.69) is 10.6 Å². The third-order valence-electron chi connectivity index (χ3n) is 3.78. The largest absolute Gasteiger partial charge is 0.495 e. The molecule has 0 bridgehead atoms. The van der Waals surface area contributed by atoms with Gasteiger partial charge in [0.2, 0.25) is 11.8 Å². The second kappa shape index (κ2) is 10.5. The van der Waals surface area contributed by atoms with Crippen molar-refractivity contribution in [1.82, 2.24) is 4.90 Å². The molecule has 29 heavy (non-hydrogen) atoms. The van der Waals surface area contributed by atoms with Crippen LogP contribution in [0.4, 0.5) is 11.4 Å². The van der Waals surface area contributed by atoms with Gasteiger partial charge in [-0.15, -0.1) is 0 Å². The molecule has 2 amide bonds. The lowest BCUT2D eigenvalue weighted by Crippen LogP contribution is -2.36. The molecule has 2 aromatic carbocycles. The Kier molecular flexibility index (Phi) is 8.40. The van der Waals surface area contributed by atoms with Crippen LogP contribution in [0.15, 0.2) is 30.3 Å². The molecule has 0 saturated carbocycles. The maximum Gasteiger partial charge on any atom is 0.238 e. The standard InChI is InChI=1S/C19H20Cl3N3O4/c1-25(9-18(26)23-11-4-5-12(20)13(21)6-11)10-19(27)24-15-8-16(28-2)14(22)7-17(15)29-3/h4-8H,9-10H2,1-3H3,(H,23,26)(H,24,27). The predicted octanol–water partition coefficient (Wildman–Crippen LogP) is 4.17. The van der Waals surface area contributed by atoms with Crippen LogP contribution in [0.5, 0.6) is 11.5 Å². The lowest BCUT2D eigenvalue weighted by Gasteiger charge is -2.17. The molecule has 0 saturated heterocycles. The van der Waals surface area contributed by atoms with Gasteiger partial charge in [0, 0.05) is 17.8 Å². The highest BCUT2D eigenvalue weighted by Crippen LogP contribution is 2.35. The summed E-state index contributed by atoms with van der Waals surface area (Å²) in [6.45, 7) is -0.0301. The highest BCUT2D eigenvalue weighted by molar-refractivity contribution is 6.42.